The lowest BCUT2D eigenvalue weighted by Crippen LogP contribution is -2.22. The van der Waals surface area contributed by atoms with Gasteiger partial charge >= 0.3 is 5.97 Å². The van der Waals surface area contributed by atoms with Crippen LogP contribution >= 0.6 is 11.3 Å². The van der Waals surface area contributed by atoms with Crippen molar-refractivity contribution in [2.24, 2.45) is 11.8 Å². The Labute approximate surface area is 91.7 Å². The molecule has 0 unspecified atom stereocenters. The Kier molecular flexibility index (Phi) is 2.60. The van der Waals surface area contributed by atoms with Gasteiger partial charge in [-0.25, -0.2) is 0 Å². The summed E-state index contributed by atoms with van der Waals surface area (Å²) in [4.78, 5) is 12.9. The first-order valence-electron chi connectivity index (χ1n) is 4.86. The van der Waals surface area contributed by atoms with Crippen molar-refractivity contribution in [1.82, 2.24) is 10.2 Å². The van der Waals surface area contributed by atoms with Gasteiger partial charge in [-0.1, -0.05) is 18.3 Å². The lowest BCUT2D eigenvalue weighted by Gasteiger charge is -2.12. The van der Waals surface area contributed by atoms with E-state index in [4.69, 9.17) is 5.11 Å². The van der Waals surface area contributed by atoms with Crippen molar-refractivity contribution in [2.75, 3.05) is 18.0 Å². The molecule has 0 spiro atoms. The van der Waals surface area contributed by atoms with E-state index in [9.17, 15) is 4.79 Å². The van der Waals surface area contributed by atoms with Crippen molar-refractivity contribution in [2.45, 2.75) is 13.8 Å². The average molecular weight is 227 g/mol. The summed E-state index contributed by atoms with van der Waals surface area (Å²) in [7, 11) is 0. The zero-order valence-electron chi connectivity index (χ0n) is 8.67. The Morgan fingerprint density at radius 1 is 1.53 bits per heavy atom. The summed E-state index contributed by atoms with van der Waals surface area (Å²) in [5.74, 6) is -0.827. The van der Waals surface area contributed by atoms with E-state index in [2.05, 4.69) is 10.2 Å². The summed E-state index contributed by atoms with van der Waals surface area (Å²) < 4.78 is 0. The number of rotatable bonds is 2. The highest BCUT2D eigenvalue weighted by molar-refractivity contribution is 7.15. The van der Waals surface area contributed by atoms with Crippen LogP contribution in [0.2, 0.25) is 0 Å². The third kappa shape index (κ3) is 1.94. The quantitative estimate of drug-likeness (QED) is 0.816. The van der Waals surface area contributed by atoms with E-state index >= 15 is 0 Å². The van der Waals surface area contributed by atoms with Crippen molar-refractivity contribution in [1.29, 1.82) is 0 Å². The van der Waals surface area contributed by atoms with E-state index in [0.717, 1.165) is 16.7 Å². The largest absolute Gasteiger partial charge is 0.481 e. The van der Waals surface area contributed by atoms with Crippen LogP contribution in [0.15, 0.2) is 0 Å². The number of hydrogen-bond acceptors (Lipinski definition) is 5. The molecule has 5 nitrogen and oxygen atoms in total. The number of aromatic nitrogens is 2. The van der Waals surface area contributed by atoms with Gasteiger partial charge in [-0.3, -0.25) is 4.79 Å². The fraction of sp³-hybridized carbons (Fsp3) is 0.667. The van der Waals surface area contributed by atoms with E-state index < -0.39 is 5.97 Å². The topological polar surface area (TPSA) is 66.3 Å². The molecule has 82 valence electrons. The molecule has 2 rings (SSSR count). The number of nitrogens with zero attached hydrogens (tertiary/aromatic N) is 3. The van der Waals surface area contributed by atoms with Gasteiger partial charge in [0.1, 0.15) is 5.01 Å². The third-order valence-electron chi connectivity index (χ3n) is 2.72. The van der Waals surface area contributed by atoms with Gasteiger partial charge in [0.05, 0.1) is 5.92 Å². The van der Waals surface area contributed by atoms with E-state index in [1.54, 1.807) is 0 Å². The van der Waals surface area contributed by atoms with Crippen molar-refractivity contribution in [3.05, 3.63) is 5.01 Å². The molecule has 1 fully saturated rings. The molecule has 2 atom stereocenters. The summed E-state index contributed by atoms with van der Waals surface area (Å²) in [6.07, 6.45) is 0. The van der Waals surface area contributed by atoms with Crippen LogP contribution in [-0.4, -0.2) is 34.4 Å². The number of carboxylic acid groups (broad SMARTS) is 1. The third-order valence-corrected chi connectivity index (χ3v) is 3.61. The van der Waals surface area contributed by atoms with Gasteiger partial charge < -0.3 is 10.0 Å². The molecule has 1 N–H and O–H groups in total. The molecular weight excluding hydrogens is 214 g/mol. The molecule has 2 heterocycles. The van der Waals surface area contributed by atoms with Crippen molar-refractivity contribution in [3.63, 3.8) is 0 Å². The second kappa shape index (κ2) is 3.77. The van der Waals surface area contributed by atoms with Crippen LogP contribution in [0.4, 0.5) is 5.13 Å². The van der Waals surface area contributed by atoms with E-state index in [1.807, 2.05) is 18.7 Å². The number of aryl methyl sites for hydroxylation is 1. The Morgan fingerprint density at radius 3 is 2.73 bits per heavy atom. The van der Waals surface area contributed by atoms with Gasteiger partial charge in [-0.2, -0.15) is 0 Å². The SMILES string of the molecule is Cc1nnc(N2C[C@@H](C)[C@H](C(=O)O)C2)s1. The number of anilines is 1. The second-order valence-corrected chi connectivity index (χ2v) is 5.09. The first-order valence-corrected chi connectivity index (χ1v) is 5.67. The molecule has 0 bridgehead atoms. The van der Waals surface area contributed by atoms with Crippen LogP contribution < -0.4 is 4.90 Å². The van der Waals surface area contributed by atoms with Crippen LogP contribution in [0.3, 0.4) is 0 Å². The highest BCUT2D eigenvalue weighted by atomic mass is 32.1. The zero-order chi connectivity index (χ0) is 11.0. The fourth-order valence-corrected chi connectivity index (χ4v) is 2.56. The standard InChI is InChI=1S/C9H13N3O2S/c1-5-3-12(4-7(5)8(13)14)9-11-10-6(2)15-9/h5,7H,3-4H2,1-2H3,(H,13,14)/t5-,7-/m1/s1. The Morgan fingerprint density at radius 2 is 2.27 bits per heavy atom. The minimum absolute atomic E-state index is 0.173. The minimum atomic E-state index is -0.716. The van der Waals surface area contributed by atoms with Gasteiger partial charge in [0.15, 0.2) is 0 Å². The number of aliphatic carboxylic acids is 1. The number of carboxylic acids is 1. The first-order chi connectivity index (χ1) is 7.08. The highest BCUT2D eigenvalue weighted by Crippen LogP contribution is 2.29. The lowest BCUT2D eigenvalue weighted by molar-refractivity contribution is -0.142. The predicted molar refractivity (Wildman–Crippen MR) is 57.1 cm³/mol. The van der Waals surface area contributed by atoms with Crippen LogP contribution in [0, 0.1) is 18.8 Å². The highest BCUT2D eigenvalue weighted by Gasteiger charge is 2.35. The molecule has 1 aliphatic rings. The predicted octanol–water partition coefficient (Wildman–Crippen LogP) is 1.00. The zero-order valence-corrected chi connectivity index (χ0v) is 9.49. The maximum atomic E-state index is 10.9. The molecule has 0 saturated carbocycles. The molecule has 0 amide bonds. The molecule has 1 saturated heterocycles. The fourth-order valence-electron chi connectivity index (χ4n) is 1.86. The Bertz CT molecular complexity index is 379. The van der Waals surface area contributed by atoms with E-state index in [1.165, 1.54) is 11.3 Å². The monoisotopic (exact) mass is 227 g/mol. The van der Waals surface area contributed by atoms with Gasteiger partial charge in [0.25, 0.3) is 0 Å². The average Bonchev–Trinajstić information content (AvgIpc) is 2.71. The second-order valence-electron chi connectivity index (χ2n) is 3.93. The molecule has 0 radical (unpaired) electrons. The molecule has 1 aliphatic heterocycles. The van der Waals surface area contributed by atoms with E-state index in [-0.39, 0.29) is 11.8 Å². The van der Waals surface area contributed by atoms with Crippen LogP contribution in [0.25, 0.3) is 0 Å². The molecule has 15 heavy (non-hydrogen) atoms. The Balaban J connectivity index is 2.12. The van der Waals surface area contributed by atoms with Crippen LogP contribution in [-0.2, 0) is 4.79 Å². The summed E-state index contributed by atoms with van der Waals surface area (Å²) in [5, 5.41) is 18.7. The molecule has 1 aromatic rings. The van der Waals surface area contributed by atoms with Crippen molar-refractivity contribution in [3.8, 4) is 0 Å². The summed E-state index contributed by atoms with van der Waals surface area (Å²) >= 11 is 1.51. The van der Waals surface area contributed by atoms with E-state index in [0.29, 0.717) is 6.54 Å². The van der Waals surface area contributed by atoms with Crippen LogP contribution in [0.5, 0.6) is 0 Å². The van der Waals surface area contributed by atoms with Crippen molar-refractivity contribution >= 4 is 22.4 Å². The molecule has 6 heteroatoms. The molecule has 0 aliphatic carbocycles. The Hall–Kier alpha value is -1.17. The van der Waals surface area contributed by atoms with Gasteiger partial charge in [0.2, 0.25) is 5.13 Å². The minimum Gasteiger partial charge on any atom is -0.481 e. The maximum absolute atomic E-state index is 10.9. The molecule has 0 aromatic carbocycles. The maximum Gasteiger partial charge on any atom is 0.308 e. The summed E-state index contributed by atoms with van der Waals surface area (Å²) in [5.41, 5.74) is 0. The summed E-state index contributed by atoms with van der Waals surface area (Å²) in [6.45, 7) is 5.17. The van der Waals surface area contributed by atoms with Gasteiger partial charge in [-0.05, 0) is 12.8 Å². The lowest BCUT2D eigenvalue weighted by atomic mass is 9.99. The number of hydrogen-bond donors (Lipinski definition) is 1. The normalized spacial score (nSPS) is 25.9. The smallest absolute Gasteiger partial charge is 0.308 e. The van der Waals surface area contributed by atoms with Crippen LogP contribution in [0.1, 0.15) is 11.9 Å². The first kappa shape index (κ1) is 10.4. The van der Waals surface area contributed by atoms with Gasteiger partial charge in [0, 0.05) is 13.1 Å². The van der Waals surface area contributed by atoms with Crippen molar-refractivity contribution < 1.29 is 9.90 Å². The van der Waals surface area contributed by atoms with Gasteiger partial charge in [-0.15, -0.1) is 10.2 Å². The molecule has 1 aromatic heterocycles. The summed E-state index contributed by atoms with van der Waals surface area (Å²) in [6, 6.07) is 0. The molecular formula is C9H13N3O2S. The number of carbonyl (C=O) groups is 1.